The Kier molecular flexibility index (Phi) is 5.90. The predicted molar refractivity (Wildman–Crippen MR) is 125 cm³/mol. The smallest absolute Gasteiger partial charge is 0.256 e. The van der Waals surface area contributed by atoms with Crippen molar-refractivity contribution in [2.75, 3.05) is 23.9 Å². The molecule has 4 aromatic rings. The highest BCUT2D eigenvalue weighted by atomic mass is 16.1. The van der Waals surface area contributed by atoms with Crippen molar-refractivity contribution < 1.29 is 9.59 Å². The summed E-state index contributed by atoms with van der Waals surface area (Å²) in [6.45, 7) is 1.16. The molecule has 10 nitrogen and oxygen atoms in total. The molecule has 0 aliphatic carbocycles. The van der Waals surface area contributed by atoms with Crippen molar-refractivity contribution in [1.29, 1.82) is 0 Å². The Morgan fingerprint density at radius 2 is 1.36 bits per heavy atom. The molecule has 4 N–H and O–H groups in total. The lowest BCUT2D eigenvalue weighted by Crippen LogP contribution is -2.23. The van der Waals surface area contributed by atoms with Crippen molar-refractivity contribution in [2.45, 2.75) is 13.1 Å². The van der Waals surface area contributed by atoms with E-state index >= 15 is 0 Å². The largest absolute Gasteiger partial charge is 0.366 e. The number of amides is 2. The molecule has 33 heavy (non-hydrogen) atoms. The van der Waals surface area contributed by atoms with Gasteiger partial charge in [0.25, 0.3) is 5.78 Å². The number of carbonyl (C=O) groups excluding carboxylic acids is 2. The van der Waals surface area contributed by atoms with Crippen molar-refractivity contribution in [3.8, 4) is 0 Å². The molecule has 4 rings (SSSR count). The number of hydrogen-bond acceptors (Lipinski definition) is 7. The van der Waals surface area contributed by atoms with E-state index in [0.717, 1.165) is 22.8 Å². The van der Waals surface area contributed by atoms with Gasteiger partial charge < -0.3 is 21.3 Å². The van der Waals surface area contributed by atoms with Gasteiger partial charge in [-0.2, -0.15) is 19.6 Å². The van der Waals surface area contributed by atoms with E-state index in [4.69, 9.17) is 11.5 Å². The normalized spacial score (nSPS) is 10.8. The van der Waals surface area contributed by atoms with Crippen LogP contribution in [-0.2, 0) is 13.1 Å². The summed E-state index contributed by atoms with van der Waals surface area (Å²) in [6.07, 6.45) is 1.47. The Morgan fingerprint density at radius 1 is 0.848 bits per heavy atom. The summed E-state index contributed by atoms with van der Waals surface area (Å²) in [5, 5.41) is 4.31. The first-order valence-corrected chi connectivity index (χ1v) is 10.2. The number of carbonyl (C=O) groups is 2. The summed E-state index contributed by atoms with van der Waals surface area (Å²) < 4.78 is 1.68. The maximum Gasteiger partial charge on any atom is 0.256 e. The van der Waals surface area contributed by atoms with Crippen molar-refractivity contribution in [3.05, 3.63) is 83.2 Å². The lowest BCUT2D eigenvalue weighted by molar-refractivity contribution is 0.0992. The van der Waals surface area contributed by atoms with Crippen LogP contribution in [0.2, 0.25) is 0 Å². The molecule has 0 atom stereocenters. The van der Waals surface area contributed by atoms with Crippen molar-refractivity contribution >= 4 is 29.2 Å². The second-order valence-corrected chi connectivity index (χ2v) is 7.78. The first-order chi connectivity index (χ1) is 15.8. The first kappa shape index (κ1) is 21.8. The quantitative estimate of drug-likeness (QED) is 0.421. The molecule has 2 aromatic carbocycles. The van der Waals surface area contributed by atoms with Gasteiger partial charge in [0.2, 0.25) is 11.8 Å². The number of rotatable bonds is 8. The molecule has 10 heteroatoms. The number of hydrogen-bond donors (Lipinski definition) is 2. The molecule has 0 aliphatic rings. The van der Waals surface area contributed by atoms with Gasteiger partial charge in [0.05, 0.1) is 0 Å². The van der Waals surface area contributed by atoms with Gasteiger partial charge in [-0.25, -0.2) is 0 Å². The average Bonchev–Trinajstić information content (AvgIpc) is 3.28. The maximum atomic E-state index is 11.3. The van der Waals surface area contributed by atoms with Gasteiger partial charge in [-0.15, -0.1) is 0 Å². The highest BCUT2D eigenvalue weighted by molar-refractivity contribution is 5.93. The molecule has 2 aromatic heterocycles. The van der Waals surface area contributed by atoms with E-state index < -0.39 is 11.8 Å². The summed E-state index contributed by atoms with van der Waals surface area (Å²) in [5.41, 5.74) is 13.6. The summed E-state index contributed by atoms with van der Waals surface area (Å²) in [6, 6.07) is 16.3. The minimum Gasteiger partial charge on any atom is -0.366 e. The van der Waals surface area contributed by atoms with E-state index in [1.807, 2.05) is 54.2 Å². The van der Waals surface area contributed by atoms with E-state index in [1.54, 1.807) is 28.8 Å². The zero-order valence-electron chi connectivity index (χ0n) is 18.3. The number of aromatic nitrogens is 4. The Morgan fingerprint density at radius 3 is 1.88 bits per heavy atom. The second kappa shape index (κ2) is 8.95. The van der Waals surface area contributed by atoms with Gasteiger partial charge in [0, 0.05) is 44.4 Å². The average molecular weight is 444 g/mol. The number of nitrogens with two attached hydrogens (primary N) is 2. The van der Waals surface area contributed by atoms with Crippen LogP contribution in [-0.4, -0.2) is 45.5 Å². The number of anilines is 2. The molecular formula is C23H24N8O2. The monoisotopic (exact) mass is 444 g/mol. The Balaban J connectivity index is 1.58. The zero-order chi connectivity index (χ0) is 23.5. The van der Waals surface area contributed by atoms with Gasteiger partial charge >= 0.3 is 0 Å². The van der Waals surface area contributed by atoms with Crippen LogP contribution in [0.15, 0.2) is 60.9 Å². The van der Waals surface area contributed by atoms with Crippen LogP contribution < -0.4 is 21.3 Å². The maximum absolute atomic E-state index is 11.3. The first-order valence-electron chi connectivity index (χ1n) is 10.2. The molecule has 0 bridgehead atoms. The highest BCUT2D eigenvalue weighted by Crippen LogP contribution is 2.23. The molecule has 0 aliphatic heterocycles. The third-order valence-corrected chi connectivity index (χ3v) is 5.32. The Hall–Kier alpha value is -4.47. The SMILES string of the molecule is CN(Cc1ccc(C(N)=O)cc1)c1cc(N(C)Cc2ccc(C(N)=O)cc2)n2ncnc2n1. The standard InChI is InChI=1S/C23H24N8O2/c1-29(12-15-3-7-17(8-4-15)21(24)32)19-11-20(31-23(28-19)26-14-27-31)30(2)13-16-5-9-18(10-6-16)22(25)33/h3-11,14H,12-13H2,1-2H3,(H2,24,32)(H2,25,33). The van der Waals surface area contributed by atoms with E-state index in [9.17, 15) is 9.59 Å². The lowest BCUT2D eigenvalue weighted by atomic mass is 10.1. The van der Waals surface area contributed by atoms with E-state index in [0.29, 0.717) is 30.0 Å². The zero-order valence-corrected chi connectivity index (χ0v) is 18.3. The van der Waals surface area contributed by atoms with Gasteiger partial charge in [0.1, 0.15) is 18.0 Å². The summed E-state index contributed by atoms with van der Waals surface area (Å²) in [5.74, 6) is 1.10. The third kappa shape index (κ3) is 4.74. The molecule has 0 spiro atoms. The number of benzene rings is 2. The predicted octanol–water partition coefficient (Wildman–Crippen LogP) is 1.59. The van der Waals surface area contributed by atoms with Crippen LogP contribution in [0.3, 0.4) is 0 Å². The second-order valence-electron chi connectivity index (χ2n) is 7.78. The fourth-order valence-corrected chi connectivity index (χ4v) is 3.51. The van der Waals surface area contributed by atoms with E-state index in [2.05, 4.69) is 15.1 Å². The lowest BCUT2D eigenvalue weighted by Gasteiger charge is -2.23. The fraction of sp³-hybridized carbons (Fsp3) is 0.174. The Labute approximate surface area is 190 Å². The molecule has 0 radical (unpaired) electrons. The molecule has 0 saturated heterocycles. The molecule has 168 valence electrons. The van der Waals surface area contributed by atoms with E-state index in [1.165, 1.54) is 6.33 Å². The summed E-state index contributed by atoms with van der Waals surface area (Å²) >= 11 is 0. The summed E-state index contributed by atoms with van der Waals surface area (Å²) in [7, 11) is 3.88. The van der Waals surface area contributed by atoms with E-state index in [-0.39, 0.29) is 0 Å². The number of fused-ring (bicyclic) bond motifs is 1. The van der Waals surface area contributed by atoms with Crippen molar-refractivity contribution in [3.63, 3.8) is 0 Å². The highest BCUT2D eigenvalue weighted by Gasteiger charge is 2.15. The molecule has 0 fully saturated rings. The molecular weight excluding hydrogens is 420 g/mol. The molecule has 0 unspecified atom stereocenters. The van der Waals surface area contributed by atoms with Gasteiger partial charge in [-0.05, 0) is 35.4 Å². The molecule has 2 heterocycles. The molecule has 0 saturated carbocycles. The summed E-state index contributed by atoms with van der Waals surface area (Å²) in [4.78, 5) is 35.5. The van der Waals surface area contributed by atoms with Crippen molar-refractivity contribution in [2.24, 2.45) is 11.5 Å². The fourth-order valence-electron chi connectivity index (χ4n) is 3.51. The number of primary amides is 2. The van der Waals surface area contributed by atoms with Crippen LogP contribution in [0.5, 0.6) is 0 Å². The van der Waals surface area contributed by atoms with Crippen LogP contribution in [0.1, 0.15) is 31.8 Å². The minimum absolute atomic E-state index is 0.453. The number of nitrogens with zero attached hydrogens (tertiary/aromatic N) is 6. The van der Waals surface area contributed by atoms with Crippen LogP contribution in [0.25, 0.3) is 5.78 Å². The molecule has 2 amide bonds. The third-order valence-electron chi connectivity index (χ3n) is 5.32. The Bertz CT molecular complexity index is 1300. The van der Waals surface area contributed by atoms with Crippen molar-refractivity contribution in [1.82, 2.24) is 19.6 Å². The minimum atomic E-state index is -0.453. The van der Waals surface area contributed by atoms with Crippen LogP contribution in [0.4, 0.5) is 11.6 Å². The van der Waals surface area contributed by atoms with Gasteiger partial charge in [0.15, 0.2) is 0 Å². The van der Waals surface area contributed by atoms with Crippen LogP contribution >= 0.6 is 0 Å². The van der Waals surface area contributed by atoms with Gasteiger partial charge in [-0.3, -0.25) is 9.59 Å². The topological polar surface area (TPSA) is 136 Å². The van der Waals surface area contributed by atoms with Crippen LogP contribution in [0, 0.1) is 0 Å². The van der Waals surface area contributed by atoms with Gasteiger partial charge in [-0.1, -0.05) is 24.3 Å².